The molecule has 0 spiro atoms. The molecule has 90 valence electrons. The summed E-state index contributed by atoms with van der Waals surface area (Å²) in [6, 6.07) is 7.01. The molecule has 2 N–H and O–H groups in total. The quantitative estimate of drug-likeness (QED) is 0.796. The zero-order valence-electron chi connectivity index (χ0n) is 10.3. The van der Waals surface area contributed by atoms with E-state index in [1.54, 1.807) is 4.90 Å². The van der Waals surface area contributed by atoms with Crippen LogP contribution in [-0.4, -0.2) is 23.9 Å². The van der Waals surface area contributed by atoms with Crippen LogP contribution < -0.4 is 5.73 Å². The highest BCUT2D eigenvalue weighted by Crippen LogP contribution is 2.14. The summed E-state index contributed by atoms with van der Waals surface area (Å²) in [4.78, 5) is 13.6. The van der Waals surface area contributed by atoms with Gasteiger partial charge >= 0.3 is 0 Å². The zero-order chi connectivity index (χ0) is 12.8. The van der Waals surface area contributed by atoms with Gasteiger partial charge in [0.2, 0.25) is 5.91 Å². The zero-order valence-corrected chi connectivity index (χ0v) is 10.3. The number of benzene rings is 1. The van der Waals surface area contributed by atoms with Gasteiger partial charge in [-0.3, -0.25) is 4.79 Å². The molecule has 0 aromatic heterocycles. The van der Waals surface area contributed by atoms with Crippen molar-refractivity contribution < 1.29 is 4.79 Å². The molecule has 0 saturated heterocycles. The fourth-order valence-corrected chi connectivity index (χ4v) is 1.57. The van der Waals surface area contributed by atoms with Gasteiger partial charge < -0.3 is 10.6 Å². The molecule has 1 amide bonds. The highest BCUT2D eigenvalue weighted by Gasteiger charge is 2.20. The molecule has 0 aliphatic heterocycles. The smallest absolute Gasteiger partial charge is 0.244 e. The van der Waals surface area contributed by atoms with E-state index >= 15 is 0 Å². The molecule has 1 aromatic carbocycles. The number of terminal acetylenes is 1. The first-order chi connectivity index (χ1) is 8.10. The fourth-order valence-electron chi connectivity index (χ4n) is 1.57. The summed E-state index contributed by atoms with van der Waals surface area (Å²) in [5, 5.41) is 0. The maximum atomic E-state index is 12.1. The highest BCUT2D eigenvalue weighted by atomic mass is 16.2. The molecule has 0 aliphatic rings. The largest absolute Gasteiger partial charge is 0.330 e. The third-order valence-corrected chi connectivity index (χ3v) is 2.68. The van der Waals surface area contributed by atoms with Gasteiger partial charge in [-0.2, -0.15) is 0 Å². The Balaban J connectivity index is 2.82. The van der Waals surface area contributed by atoms with Gasteiger partial charge in [-0.25, -0.2) is 0 Å². The molecule has 0 fully saturated rings. The molecular weight excluding hydrogens is 212 g/mol. The van der Waals surface area contributed by atoms with E-state index in [2.05, 4.69) is 5.92 Å². The van der Waals surface area contributed by atoms with Crippen molar-refractivity contribution in [2.45, 2.75) is 19.9 Å². The van der Waals surface area contributed by atoms with Crippen LogP contribution in [0.2, 0.25) is 0 Å². The first-order valence-corrected chi connectivity index (χ1v) is 5.64. The summed E-state index contributed by atoms with van der Waals surface area (Å²) in [5.41, 5.74) is 7.89. The molecule has 1 atom stereocenters. The molecule has 0 radical (unpaired) electrons. The van der Waals surface area contributed by atoms with Gasteiger partial charge in [-0.15, -0.1) is 6.42 Å². The Kier molecular flexibility index (Phi) is 4.74. The minimum absolute atomic E-state index is 0.130. The Labute approximate surface area is 103 Å². The number of hydrogen-bond acceptors (Lipinski definition) is 2. The van der Waals surface area contributed by atoms with Crippen molar-refractivity contribution in [3.63, 3.8) is 0 Å². The lowest BCUT2D eigenvalue weighted by Gasteiger charge is -2.22. The van der Waals surface area contributed by atoms with Gasteiger partial charge in [0.25, 0.3) is 0 Å². The van der Waals surface area contributed by atoms with Crippen LogP contribution in [0, 0.1) is 19.3 Å². The minimum atomic E-state index is -0.635. The lowest BCUT2D eigenvalue weighted by Crippen LogP contribution is -2.38. The number of carbonyl (C=O) groups is 1. The summed E-state index contributed by atoms with van der Waals surface area (Å²) in [5.74, 6) is 2.33. The molecular formula is C14H18N2O. The predicted molar refractivity (Wildman–Crippen MR) is 69.2 cm³/mol. The number of likely N-dealkylation sites (N-methyl/N-ethyl adjacent to an activating group) is 1. The normalized spacial score (nSPS) is 11.6. The number of rotatable bonds is 4. The lowest BCUT2D eigenvalue weighted by atomic mass is 10.0. The second-order valence-corrected chi connectivity index (χ2v) is 3.94. The van der Waals surface area contributed by atoms with Crippen molar-refractivity contribution >= 4 is 5.91 Å². The van der Waals surface area contributed by atoms with E-state index in [1.807, 2.05) is 38.1 Å². The van der Waals surface area contributed by atoms with Crippen molar-refractivity contribution in [3.05, 3.63) is 35.4 Å². The molecule has 0 bridgehead atoms. The topological polar surface area (TPSA) is 46.3 Å². The second-order valence-electron chi connectivity index (χ2n) is 3.94. The number of nitrogens with two attached hydrogens (primary N) is 1. The Morgan fingerprint density at radius 1 is 1.47 bits per heavy atom. The third-order valence-electron chi connectivity index (χ3n) is 2.68. The second kappa shape index (κ2) is 6.07. The van der Waals surface area contributed by atoms with E-state index in [9.17, 15) is 4.79 Å². The predicted octanol–water partition coefficient (Wildman–Crippen LogP) is 1.48. The van der Waals surface area contributed by atoms with E-state index in [4.69, 9.17) is 12.2 Å². The Morgan fingerprint density at radius 3 is 2.53 bits per heavy atom. The van der Waals surface area contributed by atoms with Gasteiger partial charge in [0.15, 0.2) is 0 Å². The standard InChI is InChI=1S/C14H18N2O/c1-4-10-16(5-2)14(17)13(15)12-8-6-11(3)7-9-12/h1,6-9,13H,5,10,15H2,2-3H3. The number of amides is 1. The van der Waals surface area contributed by atoms with Crippen molar-refractivity contribution in [3.8, 4) is 12.3 Å². The van der Waals surface area contributed by atoms with E-state index in [0.717, 1.165) is 11.1 Å². The van der Waals surface area contributed by atoms with E-state index in [0.29, 0.717) is 13.1 Å². The van der Waals surface area contributed by atoms with Crippen molar-refractivity contribution in [2.75, 3.05) is 13.1 Å². The van der Waals surface area contributed by atoms with Gasteiger partial charge in [0.1, 0.15) is 6.04 Å². The number of hydrogen-bond donors (Lipinski definition) is 1. The summed E-state index contributed by atoms with van der Waals surface area (Å²) < 4.78 is 0. The molecule has 0 aliphatic carbocycles. The molecule has 1 rings (SSSR count). The van der Waals surface area contributed by atoms with Crippen molar-refractivity contribution in [1.82, 2.24) is 4.90 Å². The van der Waals surface area contributed by atoms with Crippen LogP contribution in [0.4, 0.5) is 0 Å². The Morgan fingerprint density at radius 2 is 2.06 bits per heavy atom. The molecule has 3 nitrogen and oxygen atoms in total. The van der Waals surface area contributed by atoms with Gasteiger partial charge in [-0.1, -0.05) is 35.7 Å². The minimum Gasteiger partial charge on any atom is -0.330 e. The molecule has 1 unspecified atom stereocenters. The fraction of sp³-hybridized carbons (Fsp3) is 0.357. The number of nitrogens with zero attached hydrogens (tertiary/aromatic N) is 1. The average Bonchev–Trinajstić information content (AvgIpc) is 2.35. The van der Waals surface area contributed by atoms with Crippen LogP contribution in [-0.2, 0) is 4.79 Å². The maximum Gasteiger partial charge on any atom is 0.244 e. The summed E-state index contributed by atoms with van der Waals surface area (Å²) >= 11 is 0. The monoisotopic (exact) mass is 230 g/mol. The van der Waals surface area contributed by atoms with Gasteiger partial charge in [0.05, 0.1) is 6.54 Å². The average molecular weight is 230 g/mol. The van der Waals surface area contributed by atoms with Gasteiger partial charge in [-0.05, 0) is 19.4 Å². The number of carbonyl (C=O) groups excluding carboxylic acids is 1. The Hall–Kier alpha value is -1.79. The van der Waals surface area contributed by atoms with Crippen LogP contribution in [0.5, 0.6) is 0 Å². The van der Waals surface area contributed by atoms with E-state index < -0.39 is 6.04 Å². The van der Waals surface area contributed by atoms with E-state index in [1.165, 1.54) is 0 Å². The van der Waals surface area contributed by atoms with Crippen LogP contribution in [0.15, 0.2) is 24.3 Å². The molecule has 1 aromatic rings. The summed E-state index contributed by atoms with van der Waals surface area (Å²) in [7, 11) is 0. The summed E-state index contributed by atoms with van der Waals surface area (Å²) in [6.45, 7) is 4.75. The highest BCUT2D eigenvalue weighted by molar-refractivity contribution is 5.83. The molecule has 0 heterocycles. The third kappa shape index (κ3) is 3.33. The molecule has 17 heavy (non-hydrogen) atoms. The Bertz CT molecular complexity index is 417. The number of aryl methyl sites for hydroxylation is 1. The maximum absolute atomic E-state index is 12.1. The molecule has 3 heteroatoms. The van der Waals surface area contributed by atoms with Crippen molar-refractivity contribution in [2.24, 2.45) is 5.73 Å². The lowest BCUT2D eigenvalue weighted by molar-refractivity contribution is -0.131. The first kappa shape index (κ1) is 13.3. The van der Waals surface area contributed by atoms with Crippen LogP contribution in [0.1, 0.15) is 24.1 Å². The van der Waals surface area contributed by atoms with Crippen LogP contribution in [0.3, 0.4) is 0 Å². The first-order valence-electron chi connectivity index (χ1n) is 5.64. The SMILES string of the molecule is C#CCN(CC)C(=O)C(N)c1ccc(C)cc1. The summed E-state index contributed by atoms with van der Waals surface area (Å²) in [6.07, 6.45) is 5.22. The van der Waals surface area contributed by atoms with Crippen LogP contribution >= 0.6 is 0 Å². The van der Waals surface area contributed by atoms with Crippen molar-refractivity contribution in [1.29, 1.82) is 0 Å². The van der Waals surface area contributed by atoms with Gasteiger partial charge in [0, 0.05) is 6.54 Å². The van der Waals surface area contributed by atoms with E-state index in [-0.39, 0.29) is 5.91 Å². The van der Waals surface area contributed by atoms with Crippen LogP contribution in [0.25, 0.3) is 0 Å². The molecule has 0 saturated carbocycles.